The molecule has 0 aliphatic carbocycles. The number of hydrogen-bond acceptors (Lipinski definition) is 4. The number of nitrogens with zero attached hydrogens (tertiary/aromatic N) is 1. The van der Waals surface area contributed by atoms with Crippen LogP contribution in [0.25, 0.3) is 22.2 Å². The third-order valence-corrected chi connectivity index (χ3v) is 3.39. The Kier molecular flexibility index (Phi) is 4.16. The van der Waals surface area contributed by atoms with Crippen molar-refractivity contribution in [2.24, 2.45) is 0 Å². The molecule has 2 heterocycles. The molecular weight excluding hydrogens is 280 g/mol. The van der Waals surface area contributed by atoms with Crippen molar-refractivity contribution < 1.29 is 13.9 Å². The Labute approximate surface area is 127 Å². The Bertz CT molecular complexity index is 778. The predicted molar refractivity (Wildman–Crippen MR) is 83.7 cm³/mol. The molecule has 0 aliphatic heterocycles. The second kappa shape index (κ2) is 6.41. The molecule has 0 saturated carbocycles. The molecule has 0 spiro atoms. The Morgan fingerprint density at radius 3 is 2.82 bits per heavy atom. The van der Waals surface area contributed by atoms with Crippen molar-refractivity contribution in [3.8, 4) is 11.3 Å². The molecule has 112 valence electrons. The second-order valence-corrected chi connectivity index (χ2v) is 4.82. The van der Waals surface area contributed by atoms with E-state index in [0.717, 1.165) is 22.2 Å². The topological polar surface area (TPSA) is 64.4 Å². The molecule has 2 aromatic heterocycles. The summed E-state index contributed by atoms with van der Waals surface area (Å²) in [7, 11) is 1.60. The highest BCUT2D eigenvalue weighted by molar-refractivity contribution is 5.96. The van der Waals surface area contributed by atoms with Gasteiger partial charge in [-0.1, -0.05) is 12.1 Å². The van der Waals surface area contributed by atoms with Gasteiger partial charge in [0, 0.05) is 36.4 Å². The highest BCUT2D eigenvalue weighted by Gasteiger charge is 2.09. The summed E-state index contributed by atoms with van der Waals surface area (Å²) in [5.41, 5.74) is 3.20. The van der Waals surface area contributed by atoms with Crippen LogP contribution in [-0.4, -0.2) is 31.2 Å². The minimum atomic E-state index is -0.113. The van der Waals surface area contributed by atoms with Gasteiger partial charge in [-0.25, -0.2) is 0 Å². The fraction of sp³-hybridized carbons (Fsp3) is 0.176. The average molecular weight is 296 g/mol. The van der Waals surface area contributed by atoms with Crippen molar-refractivity contribution in [1.29, 1.82) is 0 Å². The Hall–Kier alpha value is -2.66. The van der Waals surface area contributed by atoms with E-state index in [0.29, 0.717) is 18.7 Å². The summed E-state index contributed by atoms with van der Waals surface area (Å²) in [5.74, 6) is -0.113. The SMILES string of the molecule is COCCNC(=O)c1ccc(-c2nccc3occc23)cc1. The van der Waals surface area contributed by atoms with Gasteiger partial charge in [0.15, 0.2) is 0 Å². The van der Waals surface area contributed by atoms with Gasteiger partial charge in [-0.2, -0.15) is 0 Å². The van der Waals surface area contributed by atoms with Crippen molar-refractivity contribution in [2.45, 2.75) is 0 Å². The van der Waals surface area contributed by atoms with Gasteiger partial charge in [0.05, 0.1) is 18.6 Å². The van der Waals surface area contributed by atoms with Gasteiger partial charge in [-0.3, -0.25) is 9.78 Å². The van der Waals surface area contributed by atoms with Gasteiger partial charge >= 0.3 is 0 Å². The molecule has 0 atom stereocenters. The number of aromatic nitrogens is 1. The molecule has 0 aliphatic rings. The summed E-state index contributed by atoms with van der Waals surface area (Å²) >= 11 is 0. The smallest absolute Gasteiger partial charge is 0.251 e. The molecule has 0 unspecified atom stereocenters. The minimum absolute atomic E-state index is 0.113. The van der Waals surface area contributed by atoms with Gasteiger partial charge in [0.1, 0.15) is 5.58 Å². The van der Waals surface area contributed by atoms with Crippen molar-refractivity contribution in [3.63, 3.8) is 0 Å². The van der Waals surface area contributed by atoms with Gasteiger partial charge in [-0.15, -0.1) is 0 Å². The lowest BCUT2D eigenvalue weighted by Gasteiger charge is -2.06. The highest BCUT2D eigenvalue weighted by atomic mass is 16.5. The maximum Gasteiger partial charge on any atom is 0.251 e. The normalized spacial score (nSPS) is 10.8. The van der Waals surface area contributed by atoms with Crippen molar-refractivity contribution in [1.82, 2.24) is 10.3 Å². The number of methoxy groups -OCH3 is 1. The molecule has 5 heteroatoms. The van der Waals surface area contributed by atoms with Gasteiger partial charge in [0.2, 0.25) is 0 Å². The molecule has 0 radical (unpaired) electrons. The van der Waals surface area contributed by atoms with Crippen LogP contribution in [0.2, 0.25) is 0 Å². The number of carbonyl (C=O) groups is 1. The predicted octanol–water partition coefficient (Wildman–Crippen LogP) is 2.87. The molecule has 1 aromatic carbocycles. The first-order chi connectivity index (χ1) is 10.8. The van der Waals surface area contributed by atoms with Crippen LogP contribution in [-0.2, 0) is 4.74 Å². The number of rotatable bonds is 5. The molecule has 1 N–H and O–H groups in total. The molecule has 3 aromatic rings. The van der Waals surface area contributed by atoms with E-state index in [4.69, 9.17) is 9.15 Å². The van der Waals surface area contributed by atoms with E-state index in [2.05, 4.69) is 10.3 Å². The fourth-order valence-corrected chi connectivity index (χ4v) is 2.27. The van der Waals surface area contributed by atoms with Crippen LogP contribution in [0, 0.1) is 0 Å². The maximum absolute atomic E-state index is 11.9. The van der Waals surface area contributed by atoms with Crippen LogP contribution < -0.4 is 5.32 Å². The standard InChI is InChI=1S/C17H16N2O3/c1-21-11-9-19-17(20)13-4-2-12(3-5-13)16-14-7-10-22-15(14)6-8-18-16/h2-8,10H,9,11H2,1H3,(H,19,20). The lowest BCUT2D eigenvalue weighted by atomic mass is 10.1. The number of carbonyl (C=O) groups excluding carboxylic acids is 1. The first-order valence-electron chi connectivity index (χ1n) is 6.99. The number of furan rings is 1. The zero-order chi connectivity index (χ0) is 15.4. The molecule has 0 fully saturated rings. The Morgan fingerprint density at radius 2 is 2.05 bits per heavy atom. The lowest BCUT2D eigenvalue weighted by Crippen LogP contribution is -2.26. The number of pyridine rings is 1. The van der Waals surface area contributed by atoms with Crippen LogP contribution >= 0.6 is 0 Å². The van der Waals surface area contributed by atoms with Gasteiger partial charge in [-0.05, 0) is 24.3 Å². The zero-order valence-electron chi connectivity index (χ0n) is 12.2. The Morgan fingerprint density at radius 1 is 1.23 bits per heavy atom. The first-order valence-corrected chi connectivity index (χ1v) is 6.99. The zero-order valence-corrected chi connectivity index (χ0v) is 12.2. The molecule has 3 rings (SSSR count). The number of amides is 1. The third-order valence-electron chi connectivity index (χ3n) is 3.39. The van der Waals surface area contributed by atoms with Gasteiger partial charge in [0.25, 0.3) is 5.91 Å². The number of ether oxygens (including phenoxy) is 1. The van der Waals surface area contributed by atoms with Crippen molar-refractivity contribution >= 4 is 16.9 Å². The van der Waals surface area contributed by atoms with Crippen LogP contribution in [0.1, 0.15) is 10.4 Å². The van der Waals surface area contributed by atoms with Crippen molar-refractivity contribution in [3.05, 3.63) is 54.4 Å². The van der Waals surface area contributed by atoms with Crippen LogP contribution in [0.5, 0.6) is 0 Å². The number of fused-ring (bicyclic) bond motifs is 1. The van der Waals surface area contributed by atoms with E-state index < -0.39 is 0 Å². The first kappa shape index (κ1) is 14.3. The van der Waals surface area contributed by atoms with E-state index in [-0.39, 0.29) is 5.91 Å². The van der Waals surface area contributed by atoms with E-state index >= 15 is 0 Å². The van der Waals surface area contributed by atoms with Gasteiger partial charge < -0.3 is 14.5 Å². The largest absolute Gasteiger partial charge is 0.464 e. The average Bonchev–Trinajstić information content (AvgIpc) is 3.04. The van der Waals surface area contributed by atoms with E-state index in [1.54, 1.807) is 31.7 Å². The summed E-state index contributed by atoms with van der Waals surface area (Å²) in [6, 6.07) is 11.1. The number of hydrogen-bond donors (Lipinski definition) is 1. The maximum atomic E-state index is 11.9. The molecule has 0 saturated heterocycles. The summed E-state index contributed by atoms with van der Waals surface area (Å²) in [6.45, 7) is 0.989. The molecule has 1 amide bonds. The second-order valence-electron chi connectivity index (χ2n) is 4.82. The molecule has 5 nitrogen and oxygen atoms in total. The van der Waals surface area contributed by atoms with Crippen molar-refractivity contribution in [2.75, 3.05) is 20.3 Å². The van der Waals surface area contributed by atoms with E-state index in [1.165, 1.54) is 0 Å². The molecule has 0 bridgehead atoms. The third kappa shape index (κ3) is 2.84. The lowest BCUT2D eigenvalue weighted by molar-refractivity contribution is 0.0937. The monoisotopic (exact) mass is 296 g/mol. The van der Waals surface area contributed by atoms with Crippen LogP contribution in [0.15, 0.2) is 53.3 Å². The van der Waals surface area contributed by atoms with E-state index in [9.17, 15) is 4.79 Å². The minimum Gasteiger partial charge on any atom is -0.464 e. The summed E-state index contributed by atoms with van der Waals surface area (Å²) in [4.78, 5) is 16.3. The fourth-order valence-electron chi connectivity index (χ4n) is 2.27. The number of benzene rings is 1. The number of nitrogens with one attached hydrogen (secondary N) is 1. The highest BCUT2D eigenvalue weighted by Crippen LogP contribution is 2.27. The summed E-state index contributed by atoms with van der Waals surface area (Å²) < 4.78 is 10.3. The van der Waals surface area contributed by atoms with Crippen LogP contribution in [0.3, 0.4) is 0 Å². The Balaban J connectivity index is 1.82. The van der Waals surface area contributed by atoms with E-state index in [1.807, 2.05) is 24.3 Å². The molecular formula is C17H16N2O3. The van der Waals surface area contributed by atoms with Crippen LogP contribution in [0.4, 0.5) is 0 Å². The summed E-state index contributed by atoms with van der Waals surface area (Å²) in [6.07, 6.45) is 3.36. The molecule has 22 heavy (non-hydrogen) atoms. The quantitative estimate of drug-likeness (QED) is 0.735. The summed E-state index contributed by atoms with van der Waals surface area (Å²) in [5, 5.41) is 3.75.